The van der Waals surface area contributed by atoms with E-state index in [9.17, 15) is 4.79 Å². The van der Waals surface area contributed by atoms with Gasteiger partial charge in [-0.2, -0.15) is 0 Å². The maximum Gasteiger partial charge on any atom is 0.412 e. The second-order valence-corrected chi connectivity index (χ2v) is 6.94. The molecular weight excluding hydrogens is 372 g/mol. The predicted octanol–water partition coefficient (Wildman–Crippen LogP) is 4.23. The highest BCUT2D eigenvalue weighted by molar-refractivity contribution is 5.76. The smallest absolute Gasteiger partial charge is 0.412 e. The monoisotopic (exact) mass is 394 g/mol. The molecule has 1 aliphatic rings. The van der Waals surface area contributed by atoms with E-state index in [0.29, 0.717) is 23.0 Å². The Hall–Kier alpha value is -3.42. The van der Waals surface area contributed by atoms with Crippen molar-refractivity contribution in [1.29, 1.82) is 0 Å². The molecule has 3 aromatic rings. The minimum Gasteiger partial charge on any atom is -0.496 e. The van der Waals surface area contributed by atoms with Crippen LogP contribution in [0.2, 0.25) is 0 Å². The summed E-state index contributed by atoms with van der Waals surface area (Å²) >= 11 is 0. The third-order valence-electron chi connectivity index (χ3n) is 4.96. The van der Waals surface area contributed by atoms with E-state index in [4.69, 9.17) is 13.9 Å². The Bertz CT molecular complexity index is 969. The number of benzene rings is 1. The normalized spacial score (nSPS) is 14.4. The van der Waals surface area contributed by atoms with Crippen LogP contribution in [0.25, 0.3) is 22.6 Å². The molecule has 2 aromatic heterocycles. The lowest BCUT2D eigenvalue weighted by molar-refractivity contribution is 0.192. The Labute approximate surface area is 168 Å². The molecule has 1 N–H and O–H groups in total. The molecule has 0 spiro atoms. The number of nitrogens with zero attached hydrogens (tertiary/aromatic N) is 3. The van der Waals surface area contributed by atoms with E-state index in [2.05, 4.69) is 20.5 Å². The summed E-state index contributed by atoms with van der Waals surface area (Å²) in [5, 5.41) is 10.6. The van der Waals surface area contributed by atoms with Crippen LogP contribution in [0.1, 0.15) is 32.1 Å². The first-order chi connectivity index (χ1) is 14.2. The molecule has 0 aliphatic heterocycles. The van der Waals surface area contributed by atoms with E-state index >= 15 is 0 Å². The molecule has 150 valence electrons. The molecule has 0 unspecified atom stereocenters. The Morgan fingerprint density at radius 1 is 1.14 bits per heavy atom. The average molecular weight is 394 g/mol. The first-order valence-corrected chi connectivity index (χ1v) is 9.61. The fourth-order valence-electron chi connectivity index (χ4n) is 3.53. The maximum absolute atomic E-state index is 12.3. The van der Waals surface area contributed by atoms with Gasteiger partial charge in [-0.1, -0.05) is 19.3 Å². The van der Waals surface area contributed by atoms with Crippen molar-refractivity contribution in [3.63, 3.8) is 0 Å². The second kappa shape index (κ2) is 8.72. The number of carbonyl (C=O) groups is 1. The zero-order valence-corrected chi connectivity index (χ0v) is 16.1. The van der Waals surface area contributed by atoms with Gasteiger partial charge in [0.05, 0.1) is 12.7 Å². The lowest BCUT2D eigenvalue weighted by Crippen LogP contribution is -2.37. The minimum absolute atomic E-state index is 0.184. The number of methoxy groups -OCH3 is 1. The summed E-state index contributed by atoms with van der Waals surface area (Å²) in [6.45, 7) is 0. The van der Waals surface area contributed by atoms with Crippen molar-refractivity contribution in [3.8, 4) is 34.1 Å². The number of carbonyl (C=O) groups excluding carboxylic acids is 1. The van der Waals surface area contributed by atoms with Crippen molar-refractivity contribution in [2.45, 2.75) is 38.1 Å². The molecule has 0 bridgehead atoms. The van der Waals surface area contributed by atoms with Gasteiger partial charge in [0.1, 0.15) is 11.5 Å². The van der Waals surface area contributed by atoms with E-state index in [1.807, 2.05) is 6.07 Å². The van der Waals surface area contributed by atoms with Gasteiger partial charge in [-0.3, -0.25) is 4.98 Å². The van der Waals surface area contributed by atoms with E-state index < -0.39 is 6.09 Å². The molecule has 0 saturated heterocycles. The average Bonchev–Trinajstić information content (AvgIpc) is 3.29. The van der Waals surface area contributed by atoms with Crippen molar-refractivity contribution in [2.75, 3.05) is 7.11 Å². The Morgan fingerprint density at radius 3 is 2.72 bits per heavy atom. The van der Waals surface area contributed by atoms with Crippen LogP contribution in [0, 0.1) is 0 Å². The number of hydrogen-bond acceptors (Lipinski definition) is 7. The topological polar surface area (TPSA) is 99.4 Å². The van der Waals surface area contributed by atoms with Crippen LogP contribution >= 0.6 is 0 Å². The summed E-state index contributed by atoms with van der Waals surface area (Å²) in [6, 6.07) is 7.28. The predicted molar refractivity (Wildman–Crippen MR) is 106 cm³/mol. The Balaban J connectivity index is 1.55. The highest BCUT2D eigenvalue weighted by atomic mass is 16.6. The second-order valence-electron chi connectivity index (χ2n) is 6.94. The molecule has 1 amide bonds. The van der Waals surface area contributed by atoms with E-state index in [-0.39, 0.29) is 6.04 Å². The van der Waals surface area contributed by atoms with E-state index in [1.54, 1.807) is 37.7 Å². The number of ether oxygens (including phenoxy) is 2. The number of hydrogen-bond donors (Lipinski definition) is 1. The minimum atomic E-state index is -0.439. The summed E-state index contributed by atoms with van der Waals surface area (Å²) in [5.74, 6) is 1.43. The summed E-state index contributed by atoms with van der Waals surface area (Å²) < 4.78 is 16.2. The van der Waals surface area contributed by atoms with Crippen LogP contribution in [0.15, 0.2) is 47.5 Å². The van der Waals surface area contributed by atoms with Crippen LogP contribution in [0.3, 0.4) is 0 Å². The molecule has 2 heterocycles. The third-order valence-corrected chi connectivity index (χ3v) is 4.96. The van der Waals surface area contributed by atoms with Gasteiger partial charge < -0.3 is 19.2 Å². The van der Waals surface area contributed by atoms with Gasteiger partial charge in [-0.05, 0) is 37.1 Å². The van der Waals surface area contributed by atoms with Crippen LogP contribution < -0.4 is 14.8 Å². The number of amides is 1. The van der Waals surface area contributed by atoms with Gasteiger partial charge in [0, 0.05) is 29.6 Å². The van der Waals surface area contributed by atoms with Crippen LogP contribution in [-0.4, -0.2) is 34.4 Å². The molecule has 0 atom stereocenters. The van der Waals surface area contributed by atoms with Crippen molar-refractivity contribution in [2.24, 2.45) is 0 Å². The third kappa shape index (κ3) is 4.53. The molecule has 1 fully saturated rings. The Morgan fingerprint density at radius 2 is 1.97 bits per heavy atom. The highest BCUT2D eigenvalue weighted by Crippen LogP contribution is 2.34. The van der Waals surface area contributed by atoms with Crippen LogP contribution in [0.5, 0.6) is 11.5 Å². The number of aromatic nitrogens is 3. The standard InChI is InChI=1S/C21H22N4O4/c1-27-19-8-7-17(29-21(26)24-16-5-3-2-4-6-16)10-18(19)14-9-15(12-22-11-14)20-25-23-13-28-20/h7-13,16H,2-6H2,1H3,(H,24,26). The van der Waals surface area contributed by atoms with Gasteiger partial charge in [0.2, 0.25) is 12.3 Å². The summed E-state index contributed by atoms with van der Waals surface area (Å²) in [7, 11) is 1.59. The quantitative estimate of drug-likeness (QED) is 0.691. The maximum atomic E-state index is 12.3. The zero-order chi connectivity index (χ0) is 20.1. The highest BCUT2D eigenvalue weighted by Gasteiger charge is 2.18. The van der Waals surface area contributed by atoms with Gasteiger partial charge in [0.25, 0.3) is 0 Å². The molecule has 0 radical (unpaired) electrons. The van der Waals surface area contributed by atoms with Gasteiger partial charge >= 0.3 is 6.09 Å². The Kier molecular flexibility index (Phi) is 5.69. The zero-order valence-electron chi connectivity index (χ0n) is 16.1. The summed E-state index contributed by atoms with van der Waals surface area (Å²) in [5.41, 5.74) is 2.20. The first-order valence-electron chi connectivity index (χ1n) is 9.61. The van der Waals surface area contributed by atoms with Crippen molar-refractivity contribution >= 4 is 6.09 Å². The van der Waals surface area contributed by atoms with Crippen LogP contribution in [-0.2, 0) is 0 Å². The number of nitrogens with one attached hydrogen (secondary N) is 1. The molecule has 1 aliphatic carbocycles. The van der Waals surface area contributed by atoms with E-state index in [0.717, 1.165) is 36.8 Å². The largest absolute Gasteiger partial charge is 0.496 e. The summed E-state index contributed by atoms with van der Waals surface area (Å²) in [6.07, 6.45) is 9.67. The number of rotatable bonds is 5. The first kappa shape index (κ1) is 18.9. The number of pyridine rings is 1. The molecule has 8 nitrogen and oxygen atoms in total. The molecule has 29 heavy (non-hydrogen) atoms. The molecule has 8 heteroatoms. The van der Waals surface area contributed by atoms with Crippen molar-refractivity contribution < 1.29 is 18.7 Å². The lowest BCUT2D eigenvalue weighted by Gasteiger charge is -2.22. The van der Waals surface area contributed by atoms with E-state index in [1.165, 1.54) is 12.8 Å². The van der Waals surface area contributed by atoms with Gasteiger partial charge in [-0.15, -0.1) is 10.2 Å². The molecule has 4 rings (SSSR count). The van der Waals surface area contributed by atoms with Crippen molar-refractivity contribution in [1.82, 2.24) is 20.5 Å². The SMILES string of the molecule is COc1ccc(OC(=O)NC2CCCCC2)cc1-c1cncc(-c2nnco2)c1. The fourth-order valence-corrected chi connectivity index (χ4v) is 3.53. The van der Waals surface area contributed by atoms with Crippen LogP contribution in [0.4, 0.5) is 4.79 Å². The molecule has 1 aromatic carbocycles. The molecular formula is C21H22N4O4. The van der Waals surface area contributed by atoms with Gasteiger partial charge in [0.15, 0.2) is 0 Å². The van der Waals surface area contributed by atoms with Gasteiger partial charge in [-0.25, -0.2) is 4.79 Å². The lowest BCUT2D eigenvalue weighted by atomic mass is 9.96. The summed E-state index contributed by atoms with van der Waals surface area (Å²) in [4.78, 5) is 16.5. The molecule has 1 saturated carbocycles. The van der Waals surface area contributed by atoms with Crippen molar-refractivity contribution in [3.05, 3.63) is 43.1 Å². The fraction of sp³-hybridized carbons (Fsp3) is 0.333.